The molecule has 0 spiro atoms. The Kier molecular flexibility index (Phi) is 4.26. The summed E-state index contributed by atoms with van der Waals surface area (Å²) in [6.07, 6.45) is 0.0637. The summed E-state index contributed by atoms with van der Waals surface area (Å²) in [5, 5.41) is 18.8. The Morgan fingerprint density at radius 1 is 1.16 bits per heavy atom. The Morgan fingerprint density at radius 3 is 2.68 bits per heavy atom. The molecule has 6 nitrogen and oxygen atoms in total. The third-order valence-corrected chi connectivity index (χ3v) is 4.96. The van der Waals surface area contributed by atoms with E-state index >= 15 is 0 Å². The normalized spacial score (nSPS) is 24.6. The SMILES string of the molecule is CN1CCn2c(nnc2[C@@H]2C[C@H](O)CN2Cc2cc(F)cc(F)c2)C1. The van der Waals surface area contributed by atoms with Crippen LogP contribution >= 0.6 is 0 Å². The van der Waals surface area contributed by atoms with E-state index in [1.807, 2.05) is 11.9 Å². The number of nitrogens with zero attached hydrogens (tertiary/aromatic N) is 5. The number of likely N-dealkylation sites (tertiary alicyclic amines) is 1. The summed E-state index contributed by atoms with van der Waals surface area (Å²) >= 11 is 0. The molecule has 4 rings (SSSR count). The molecule has 1 aromatic carbocycles. The Labute approximate surface area is 144 Å². The van der Waals surface area contributed by atoms with Gasteiger partial charge in [0, 0.05) is 32.2 Å². The summed E-state index contributed by atoms with van der Waals surface area (Å²) in [7, 11) is 2.04. The van der Waals surface area contributed by atoms with Crippen molar-refractivity contribution in [1.82, 2.24) is 24.6 Å². The zero-order valence-electron chi connectivity index (χ0n) is 14.1. The van der Waals surface area contributed by atoms with Crippen LogP contribution in [0.25, 0.3) is 0 Å². The van der Waals surface area contributed by atoms with Crippen molar-refractivity contribution in [3.63, 3.8) is 0 Å². The van der Waals surface area contributed by atoms with Crippen molar-refractivity contribution in [2.24, 2.45) is 0 Å². The summed E-state index contributed by atoms with van der Waals surface area (Å²) in [6.45, 7) is 3.28. The number of aromatic nitrogens is 3. The van der Waals surface area contributed by atoms with E-state index < -0.39 is 17.7 Å². The van der Waals surface area contributed by atoms with E-state index in [1.165, 1.54) is 12.1 Å². The number of benzene rings is 1. The molecule has 2 aliphatic heterocycles. The van der Waals surface area contributed by atoms with Gasteiger partial charge in [-0.2, -0.15) is 0 Å². The summed E-state index contributed by atoms with van der Waals surface area (Å²) in [6, 6.07) is 3.43. The predicted octanol–water partition coefficient (Wildman–Crippen LogP) is 1.31. The van der Waals surface area contributed by atoms with Gasteiger partial charge < -0.3 is 9.67 Å². The zero-order chi connectivity index (χ0) is 17.6. The molecule has 1 N–H and O–H groups in total. The van der Waals surface area contributed by atoms with Crippen LogP contribution in [0.3, 0.4) is 0 Å². The second-order valence-corrected chi connectivity index (χ2v) is 6.98. The summed E-state index contributed by atoms with van der Waals surface area (Å²) in [5.41, 5.74) is 0.551. The molecule has 134 valence electrons. The monoisotopic (exact) mass is 349 g/mol. The molecule has 3 heterocycles. The van der Waals surface area contributed by atoms with Crippen LogP contribution in [0, 0.1) is 11.6 Å². The Bertz CT molecular complexity index is 760. The zero-order valence-corrected chi connectivity index (χ0v) is 14.1. The van der Waals surface area contributed by atoms with Gasteiger partial charge in [-0.05, 0) is 31.2 Å². The maximum absolute atomic E-state index is 13.5. The quantitative estimate of drug-likeness (QED) is 0.906. The third kappa shape index (κ3) is 3.29. The van der Waals surface area contributed by atoms with Gasteiger partial charge in [0.15, 0.2) is 5.82 Å². The average molecular weight is 349 g/mol. The van der Waals surface area contributed by atoms with Crippen molar-refractivity contribution in [2.45, 2.75) is 38.2 Å². The Hall–Kier alpha value is -1.90. The van der Waals surface area contributed by atoms with Gasteiger partial charge in [-0.3, -0.25) is 9.80 Å². The van der Waals surface area contributed by atoms with Crippen molar-refractivity contribution >= 4 is 0 Å². The number of halogens is 2. The highest BCUT2D eigenvalue weighted by Crippen LogP contribution is 2.33. The van der Waals surface area contributed by atoms with Crippen molar-refractivity contribution in [1.29, 1.82) is 0 Å². The lowest BCUT2D eigenvalue weighted by molar-refractivity contribution is 0.171. The average Bonchev–Trinajstić information content (AvgIpc) is 3.08. The van der Waals surface area contributed by atoms with Gasteiger partial charge in [-0.1, -0.05) is 0 Å². The Morgan fingerprint density at radius 2 is 1.92 bits per heavy atom. The number of hydrogen-bond acceptors (Lipinski definition) is 5. The first-order chi connectivity index (χ1) is 12.0. The van der Waals surface area contributed by atoms with Crippen LogP contribution in [0.1, 0.15) is 29.7 Å². The van der Waals surface area contributed by atoms with Crippen LogP contribution in [0.4, 0.5) is 8.78 Å². The van der Waals surface area contributed by atoms with Crippen molar-refractivity contribution in [3.05, 3.63) is 47.0 Å². The van der Waals surface area contributed by atoms with Gasteiger partial charge in [-0.25, -0.2) is 8.78 Å². The molecular weight excluding hydrogens is 328 g/mol. The van der Waals surface area contributed by atoms with E-state index in [2.05, 4.69) is 19.7 Å². The first kappa shape index (κ1) is 16.6. The van der Waals surface area contributed by atoms with Gasteiger partial charge >= 0.3 is 0 Å². The highest BCUT2D eigenvalue weighted by molar-refractivity contribution is 5.19. The summed E-state index contributed by atoms with van der Waals surface area (Å²) in [4.78, 5) is 4.21. The van der Waals surface area contributed by atoms with Crippen LogP contribution in [0.15, 0.2) is 18.2 Å². The maximum atomic E-state index is 13.5. The van der Waals surface area contributed by atoms with Crippen LogP contribution in [0.5, 0.6) is 0 Å². The van der Waals surface area contributed by atoms with Gasteiger partial charge in [0.25, 0.3) is 0 Å². The lowest BCUT2D eigenvalue weighted by Crippen LogP contribution is -2.33. The van der Waals surface area contributed by atoms with Crippen LogP contribution in [-0.2, 0) is 19.6 Å². The minimum atomic E-state index is -0.589. The number of rotatable bonds is 3. The van der Waals surface area contributed by atoms with Crippen molar-refractivity contribution in [3.8, 4) is 0 Å². The fourth-order valence-corrected chi connectivity index (χ4v) is 3.81. The maximum Gasteiger partial charge on any atom is 0.150 e. The molecule has 0 unspecified atom stereocenters. The minimum absolute atomic E-state index is 0.106. The molecule has 0 amide bonds. The fraction of sp³-hybridized carbons (Fsp3) is 0.529. The summed E-state index contributed by atoms with van der Waals surface area (Å²) < 4.78 is 29.1. The van der Waals surface area contributed by atoms with Gasteiger partial charge in [0.05, 0.1) is 18.7 Å². The number of hydrogen-bond donors (Lipinski definition) is 1. The molecule has 2 aliphatic rings. The largest absolute Gasteiger partial charge is 0.392 e. The molecule has 1 saturated heterocycles. The molecule has 8 heteroatoms. The standard InChI is InChI=1S/C17H21F2N5O/c1-22-2-3-24-16(10-22)20-21-17(24)15-7-14(25)9-23(15)8-11-4-12(18)6-13(19)5-11/h4-6,14-15,25H,2-3,7-10H2,1H3/t14-,15-/m0/s1. The van der Waals surface area contributed by atoms with E-state index in [1.54, 1.807) is 0 Å². The van der Waals surface area contributed by atoms with Crippen molar-refractivity contribution < 1.29 is 13.9 Å². The van der Waals surface area contributed by atoms with E-state index in [9.17, 15) is 13.9 Å². The number of fused-ring (bicyclic) bond motifs is 1. The lowest BCUT2D eigenvalue weighted by atomic mass is 10.1. The van der Waals surface area contributed by atoms with Gasteiger partial charge in [0.1, 0.15) is 17.5 Å². The molecule has 0 bridgehead atoms. The molecule has 0 radical (unpaired) electrons. The molecule has 0 aliphatic carbocycles. The number of β-amino-alcohol motifs (C(OH)–C–C–N with tert-alkyl or cyclic N) is 1. The van der Waals surface area contributed by atoms with E-state index in [-0.39, 0.29) is 6.04 Å². The van der Waals surface area contributed by atoms with E-state index in [0.29, 0.717) is 25.1 Å². The molecule has 1 fully saturated rings. The van der Waals surface area contributed by atoms with Gasteiger partial charge in [0.2, 0.25) is 0 Å². The molecule has 2 atom stereocenters. The first-order valence-electron chi connectivity index (χ1n) is 8.47. The molecular formula is C17H21F2N5O. The smallest absolute Gasteiger partial charge is 0.150 e. The van der Waals surface area contributed by atoms with E-state index in [4.69, 9.17) is 0 Å². The predicted molar refractivity (Wildman–Crippen MR) is 86.5 cm³/mol. The minimum Gasteiger partial charge on any atom is -0.392 e. The number of aliphatic hydroxyl groups excluding tert-OH is 1. The summed E-state index contributed by atoms with van der Waals surface area (Å²) in [5.74, 6) is 0.571. The highest BCUT2D eigenvalue weighted by atomic mass is 19.1. The van der Waals surface area contributed by atoms with Crippen LogP contribution in [0.2, 0.25) is 0 Å². The molecule has 1 aromatic heterocycles. The second kappa shape index (κ2) is 6.44. The molecule has 0 saturated carbocycles. The number of aliphatic hydroxyl groups is 1. The van der Waals surface area contributed by atoms with Gasteiger partial charge in [-0.15, -0.1) is 10.2 Å². The van der Waals surface area contributed by atoms with E-state index in [0.717, 1.165) is 37.3 Å². The topological polar surface area (TPSA) is 57.4 Å². The van der Waals surface area contributed by atoms with Crippen molar-refractivity contribution in [2.75, 3.05) is 20.1 Å². The molecule has 2 aromatic rings. The highest BCUT2D eigenvalue weighted by Gasteiger charge is 2.36. The van der Waals surface area contributed by atoms with Crippen LogP contribution in [-0.4, -0.2) is 55.9 Å². The number of likely N-dealkylation sites (N-methyl/N-ethyl adjacent to an activating group) is 1. The fourth-order valence-electron chi connectivity index (χ4n) is 3.81. The first-order valence-corrected chi connectivity index (χ1v) is 8.47. The third-order valence-electron chi connectivity index (χ3n) is 4.96. The molecule has 25 heavy (non-hydrogen) atoms. The second-order valence-electron chi connectivity index (χ2n) is 6.98. The lowest BCUT2D eigenvalue weighted by Gasteiger charge is -2.27. The Balaban J connectivity index is 1.60. The van der Waals surface area contributed by atoms with Crippen LogP contribution < -0.4 is 0 Å².